The molecule has 1 aliphatic heterocycles. The molecule has 0 aliphatic carbocycles. The number of nitrogens with one attached hydrogen (secondary N) is 1. The lowest BCUT2D eigenvalue weighted by Gasteiger charge is -2.30. The third-order valence-corrected chi connectivity index (χ3v) is 6.07. The highest BCUT2D eigenvalue weighted by atomic mass is 32.1. The van der Waals surface area contributed by atoms with Crippen LogP contribution in [0.2, 0.25) is 0 Å². The summed E-state index contributed by atoms with van der Waals surface area (Å²) in [6.07, 6.45) is 2.03. The highest BCUT2D eigenvalue weighted by molar-refractivity contribution is 7.18. The van der Waals surface area contributed by atoms with Gasteiger partial charge in [0.15, 0.2) is 5.65 Å². The first-order valence-corrected chi connectivity index (χ1v) is 10.5. The van der Waals surface area contributed by atoms with Crippen molar-refractivity contribution < 1.29 is 4.79 Å². The number of likely N-dealkylation sites (N-methyl/N-ethyl adjacent to an activating group) is 1. The van der Waals surface area contributed by atoms with E-state index in [1.807, 2.05) is 31.2 Å². The predicted molar refractivity (Wildman–Crippen MR) is 110 cm³/mol. The quantitative estimate of drug-likeness (QED) is 0.719. The maximum atomic E-state index is 13.0. The predicted octanol–water partition coefficient (Wildman–Crippen LogP) is 1.75. The number of carbonyl (C=O) groups is 1. The van der Waals surface area contributed by atoms with Crippen LogP contribution in [0.1, 0.15) is 43.4 Å². The molecule has 1 fully saturated rings. The second kappa shape index (κ2) is 7.29. The Labute approximate surface area is 167 Å². The van der Waals surface area contributed by atoms with Crippen LogP contribution in [0.25, 0.3) is 15.9 Å². The molecule has 0 radical (unpaired) electrons. The Kier molecular flexibility index (Phi) is 4.96. The minimum atomic E-state index is -0.261. The molecule has 9 heteroatoms. The van der Waals surface area contributed by atoms with Gasteiger partial charge in [0.25, 0.3) is 5.56 Å². The molecular weight excluding hydrogens is 376 g/mol. The molecule has 3 aromatic rings. The van der Waals surface area contributed by atoms with Gasteiger partial charge < -0.3 is 10.2 Å². The van der Waals surface area contributed by atoms with Crippen LogP contribution in [-0.4, -0.2) is 56.2 Å². The molecule has 0 bridgehead atoms. The summed E-state index contributed by atoms with van der Waals surface area (Å²) in [6, 6.07) is 1.99. The van der Waals surface area contributed by atoms with Gasteiger partial charge in [0.05, 0.1) is 9.71 Å². The minimum absolute atomic E-state index is 0.0689. The van der Waals surface area contributed by atoms with Crippen molar-refractivity contribution in [2.24, 2.45) is 0 Å². The van der Waals surface area contributed by atoms with E-state index in [1.165, 1.54) is 4.68 Å². The number of aromatic nitrogens is 4. The molecule has 150 valence electrons. The van der Waals surface area contributed by atoms with Crippen LogP contribution in [-0.2, 0) is 11.3 Å². The van der Waals surface area contributed by atoms with Crippen molar-refractivity contribution in [1.82, 2.24) is 29.4 Å². The molecule has 8 nitrogen and oxygen atoms in total. The Morgan fingerprint density at radius 1 is 1.43 bits per heavy atom. The van der Waals surface area contributed by atoms with E-state index in [4.69, 9.17) is 0 Å². The van der Waals surface area contributed by atoms with E-state index in [0.29, 0.717) is 5.52 Å². The Bertz CT molecular complexity index is 1100. The normalized spacial score (nSPS) is 18.4. The third-order valence-electron chi connectivity index (χ3n) is 5.17. The third kappa shape index (κ3) is 3.44. The topological polar surface area (TPSA) is 84.5 Å². The highest BCUT2D eigenvalue weighted by Gasteiger charge is 2.22. The Balaban J connectivity index is 1.68. The fourth-order valence-electron chi connectivity index (χ4n) is 3.90. The fraction of sp³-hybridized carbons (Fsp3) is 0.579. The molecule has 1 aliphatic rings. The van der Waals surface area contributed by atoms with Gasteiger partial charge >= 0.3 is 0 Å². The summed E-state index contributed by atoms with van der Waals surface area (Å²) in [5.41, 5.74) is 1.04. The number of nitrogens with zero attached hydrogens (tertiary/aromatic N) is 5. The Hall–Kier alpha value is -2.26. The number of likely N-dealkylation sites (tertiary alicyclic amines) is 1. The summed E-state index contributed by atoms with van der Waals surface area (Å²) < 4.78 is 4.10. The van der Waals surface area contributed by atoms with Crippen LogP contribution < -0.4 is 10.9 Å². The average Bonchev–Trinajstić information content (AvgIpc) is 3.13. The van der Waals surface area contributed by atoms with Crippen LogP contribution in [0, 0.1) is 6.92 Å². The minimum Gasteiger partial charge on any atom is -0.350 e. The highest BCUT2D eigenvalue weighted by Crippen LogP contribution is 2.26. The lowest BCUT2D eigenvalue weighted by molar-refractivity contribution is -0.123. The van der Waals surface area contributed by atoms with Crippen molar-refractivity contribution in [2.75, 3.05) is 20.1 Å². The number of aryl methyl sites for hydroxylation is 1. The van der Waals surface area contributed by atoms with E-state index >= 15 is 0 Å². The number of amides is 1. The molecule has 1 amide bonds. The smallest absolute Gasteiger partial charge is 0.291 e. The molecule has 3 aromatic heterocycles. The number of piperidine rings is 1. The number of fused-ring (bicyclic) bond motifs is 3. The summed E-state index contributed by atoms with van der Waals surface area (Å²) in [7, 11) is 2.06. The number of carbonyl (C=O) groups excluding carboxylic acids is 1. The molecule has 1 saturated heterocycles. The molecule has 0 spiro atoms. The molecule has 0 saturated carbocycles. The average molecular weight is 403 g/mol. The molecule has 0 unspecified atom stereocenters. The van der Waals surface area contributed by atoms with Crippen LogP contribution in [0.4, 0.5) is 0 Å². The van der Waals surface area contributed by atoms with Crippen LogP contribution >= 0.6 is 11.3 Å². The van der Waals surface area contributed by atoms with Crippen molar-refractivity contribution in [1.29, 1.82) is 0 Å². The first-order valence-electron chi connectivity index (χ1n) is 9.71. The number of hydrogen-bond donors (Lipinski definition) is 1. The van der Waals surface area contributed by atoms with E-state index in [9.17, 15) is 9.59 Å². The van der Waals surface area contributed by atoms with E-state index in [-0.39, 0.29) is 30.0 Å². The van der Waals surface area contributed by atoms with Gasteiger partial charge in [-0.25, -0.2) is 9.67 Å². The standard InChI is InChI=1S/C19H26N6O2S/c1-11(2)17-22-24(10-16(26)21-13-6-5-7-23(4)9-13)19(27)14-8-15-18(25(14)17)20-12(3)28-15/h8,11,13H,5-7,9-10H2,1-4H3,(H,21,26)/t13-/m1/s1. The van der Waals surface area contributed by atoms with Crippen LogP contribution in [0.15, 0.2) is 10.9 Å². The van der Waals surface area contributed by atoms with Crippen molar-refractivity contribution in [3.63, 3.8) is 0 Å². The molecule has 4 heterocycles. The molecular formula is C19H26N6O2S. The summed E-state index contributed by atoms with van der Waals surface area (Å²) in [4.78, 5) is 32.4. The van der Waals surface area contributed by atoms with Gasteiger partial charge in [-0.1, -0.05) is 13.8 Å². The summed E-state index contributed by atoms with van der Waals surface area (Å²) >= 11 is 1.56. The zero-order valence-electron chi connectivity index (χ0n) is 16.7. The summed E-state index contributed by atoms with van der Waals surface area (Å²) in [6.45, 7) is 7.83. The number of hydrogen-bond acceptors (Lipinski definition) is 6. The van der Waals surface area contributed by atoms with Crippen molar-refractivity contribution >= 4 is 33.1 Å². The zero-order chi connectivity index (χ0) is 20.0. The molecule has 28 heavy (non-hydrogen) atoms. The zero-order valence-corrected chi connectivity index (χ0v) is 17.5. The number of thiazole rings is 1. The second-order valence-corrected chi connectivity index (χ2v) is 9.17. The fourth-order valence-corrected chi connectivity index (χ4v) is 4.75. The van der Waals surface area contributed by atoms with E-state index in [1.54, 1.807) is 11.3 Å². The van der Waals surface area contributed by atoms with E-state index in [2.05, 4.69) is 27.3 Å². The SMILES string of the molecule is Cc1nc2c(cc3c(=O)n(CC(=O)N[C@@H]4CCCN(C)C4)nc(C(C)C)n32)s1. The van der Waals surface area contributed by atoms with Gasteiger partial charge in [-0.3, -0.25) is 14.0 Å². The molecule has 1 N–H and O–H groups in total. The first kappa shape index (κ1) is 19.1. The first-order chi connectivity index (χ1) is 13.3. The van der Waals surface area contributed by atoms with E-state index in [0.717, 1.165) is 47.1 Å². The second-order valence-electron chi connectivity index (χ2n) is 7.93. The summed E-state index contributed by atoms with van der Waals surface area (Å²) in [5.74, 6) is 0.651. The largest absolute Gasteiger partial charge is 0.350 e. The molecule has 0 aromatic carbocycles. The lowest BCUT2D eigenvalue weighted by atomic mass is 10.1. The van der Waals surface area contributed by atoms with Gasteiger partial charge in [-0.15, -0.1) is 11.3 Å². The Morgan fingerprint density at radius 2 is 2.21 bits per heavy atom. The van der Waals surface area contributed by atoms with Gasteiger partial charge in [0.1, 0.15) is 17.9 Å². The van der Waals surface area contributed by atoms with Gasteiger partial charge in [0.2, 0.25) is 5.91 Å². The monoisotopic (exact) mass is 402 g/mol. The van der Waals surface area contributed by atoms with E-state index < -0.39 is 0 Å². The van der Waals surface area contributed by atoms with Crippen molar-refractivity contribution in [2.45, 2.75) is 52.1 Å². The lowest BCUT2D eigenvalue weighted by Crippen LogP contribution is -2.48. The molecule has 1 atom stereocenters. The number of rotatable bonds is 4. The van der Waals surface area contributed by atoms with Gasteiger partial charge in [-0.05, 0) is 39.4 Å². The molecule has 4 rings (SSSR count). The van der Waals surface area contributed by atoms with Crippen molar-refractivity contribution in [3.8, 4) is 0 Å². The summed E-state index contributed by atoms with van der Waals surface area (Å²) in [5, 5.41) is 8.55. The van der Waals surface area contributed by atoms with Gasteiger partial charge in [0, 0.05) is 18.5 Å². The maximum absolute atomic E-state index is 13.0. The van der Waals surface area contributed by atoms with Crippen molar-refractivity contribution in [3.05, 3.63) is 27.3 Å². The van der Waals surface area contributed by atoms with Crippen LogP contribution in [0.3, 0.4) is 0 Å². The Morgan fingerprint density at radius 3 is 2.93 bits per heavy atom. The maximum Gasteiger partial charge on any atom is 0.291 e. The van der Waals surface area contributed by atoms with Gasteiger partial charge in [-0.2, -0.15) is 5.10 Å². The van der Waals surface area contributed by atoms with Crippen LogP contribution in [0.5, 0.6) is 0 Å².